The van der Waals surface area contributed by atoms with Gasteiger partial charge in [-0.2, -0.15) is 4.31 Å². The van der Waals surface area contributed by atoms with Gasteiger partial charge in [0.25, 0.3) is 0 Å². The van der Waals surface area contributed by atoms with Gasteiger partial charge in [-0.1, -0.05) is 24.1 Å². The Balaban J connectivity index is 1.45. The minimum atomic E-state index is -3.51. The monoisotopic (exact) mass is 479 g/mol. The summed E-state index contributed by atoms with van der Waals surface area (Å²) in [5, 5.41) is 0.332. The van der Waals surface area contributed by atoms with E-state index in [2.05, 4.69) is 0 Å². The standard InChI is InChI=1S/C23H27ClFN3O3S/c1-26(15-19-20(24)6-5-7-21(19)25)16-23(29)28-13-10-17-14-18(8-9-22(17)28)32(30,31)27-11-3-2-4-12-27/h5-9,14H,2-4,10-13,15-16H2,1H3. The molecule has 2 aromatic rings. The molecule has 0 bridgehead atoms. The Morgan fingerprint density at radius 2 is 1.88 bits per heavy atom. The first-order valence-electron chi connectivity index (χ1n) is 10.8. The Morgan fingerprint density at radius 3 is 2.59 bits per heavy atom. The van der Waals surface area contributed by atoms with Gasteiger partial charge in [-0.05, 0) is 62.2 Å². The van der Waals surface area contributed by atoms with Crippen LogP contribution in [0.25, 0.3) is 0 Å². The number of carbonyl (C=O) groups excluding carboxylic acids is 1. The number of rotatable bonds is 6. The molecule has 0 unspecified atom stereocenters. The summed E-state index contributed by atoms with van der Waals surface area (Å²) in [6.45, 7) is 1.92. The number of likely N-dealkylation sites (N-methyl/N-ethyl adjacent to an activating group) is 1. The number of amides is 1. The highest BCUT2D eigenvalue weighted by Gasteiger charge is 2.30. The second-order valence-electron chi connectivity index (χ2n) is 8.42. The van der Waals surface area contributed by atoms with Gasteiger partial charge in [-0.15, -0.1) is 0 Å². The summed E-state index contributed by atoms with van der Waals surface area (Å²) < 4.78 is 41.6. The summed E-state index contributed by atoms with van der Waals surface area (Å²) in [4.78, 5) is 16.6. The summed E-state index contributed by atoms with van der Waals surface area (Å²) in [5.74, 6) is -0.517. The smallest absolute Gasteiger partial charge is 0.243 e. The fourth-order valence-electron chi connectivity index (χ4n) is 4.38. The van der Waals surface area contributed by atoms with Crippen LogP contribution >= 0.6 is 11.6 Å². The number of anilines is 1. The van der Waals surface area contributed by atoms with Gasteiger partial charge in [0, 0.05) is 42.5 Å². The van der Waals surface area contributed by atoms with Gasteiger partial charge in [0.2, 0.25) is 15.9 Å². The second kappa shape index (κ2) is 9.47. The molecule has 32 heavy (non-hydrogen) atoms. The molecule has 0 spiro atoms. The third-order valence-corrected chi connectivity index (χ3v) is 8.34. The van der Waals surface area contributed by atoms with Crippen molar-refractivity contribution in [3.8, 4) is 0 Å². The van der Waals surface area contributed by atoms with E-state index in [9.17, 15) is 17.6 Å². The van der Waals surface area contributed by atoms with E-state index in [1.165, 1.54) is 6.07 Å². The average molecular weight is 480 g/mol. The lowest BCUT2D eigenvalue weighted by molar-refractivity contribution is -0.119. The molecule has 0 aromatic heterocycles. The number of carbonyl (C=O) groups is 1. The number of nitrogens with zero attached hydrogens (tertiary/aromatic N) is 3. The highest BCUT2D eigenvalue weighted by molar-refractivity contribution is 7.89. The largest absolute Gasteiger partial charge is 0.311 e. The number of fused-ring (bicyclic) bond motifs is 1. The maximum atomic E-state index is 14.1. The molecule has 1 amide bonds. The molecule has 0 N–H and O–H groups in total. The quantitative estimate of drug-likeness (QED) is 0.634. The third kappa shape index (κ3) is 4.69. The van der Waals surface area contributed by atoms with E-state index < -0.39 is 15.8 Å². The molecule has 2 aliphatic heterocycles. The van der Waals surface area contributed by atoms with Crippen LogP contribution in [0.15, 0.2) is 41.3 Å². The van der Waals surface area contributed by atoms with Crippen molar-refractivity contribution in [2.75, 3.05) is 38.1 Å². The molecule has 2 heterocycles. The Kier molecular flexibility index (Phi) is 6.86. The summed E-state index contributed by atoms with van der Waals surface area (Å²) >= 11 is 6.10. The SMILES string of the molecule is CN(CC(=O)N1CCc2cc(S(=O)(=O)N3CCCCC3)ccc21)Cc1c(F)cccc1Cl. The molecule has 0 atom stereocenters. The molecular formula is C23H27ClFN3O3S. The number of sulfonamides is 1. The van der Waals surface area contributed by atoms with Crippen molar-refractivity contribution in [3.05, 3.63) is 58.4 Å². The predicted octanol–water partition coefficient (Wildman–Crippen LogP) is 3.67. The summed E-state index contributed by atoms with van der Waals surface area (Å²) in [5.41, 5.74) is 1.96. The Hall–Kier alpha value is -2.00. The minimum absolute atomic E-state index is 0.0952. The average Bonchev–Trinajstić information content (AvgIpc) is 3.20. The van der Waals surface area contributed by atoms with Crippen molar-refractivity contribution in [1.29, 1.82) is 0 Å². The highest BCUT2D eigenvalue weighted by atomic mass is 35.5. The van der Waals surface area contributed by atoms with E-state index in [1.807, 2.05) is 0 Å². The van der Waals surface area contributed by atoms with E-state index in [1.54, 1.807) is 51.5 Å². The molecule has 0 radical (unpaired) electrons. The molecular weight excluding hydrogens is 453 g/mol. The topological polar surface area (TPSA) is 60.9 Å². The number of hydrogen-bond donors (Lipinski definition) is 0. The molecule has 9 heteroatoms. The number of piperidine rings is 1. The lowest BCUT2D eigenvalue weighted by Crippen LogP contribution is -2.38. The minimum Gasteiger partial charge on any atom is -0.311 e. The van der Waals surface area contributed by atoms with E-state index in [0.717, 1.165) is 30.5 Å². The number of hydrogen-bond acceptors (Lipinski definition) is 4. The highest BCUT2D eigenvalue weighted by Crippen LogP contribution is 2.32. The van der Waals surface area contributed by atoms with Crippen LogP contribution in [0.2, 0.25) is 5.02 Å². The number of benzene rings is 2. The fraction of sp³-hybridized carbons (Fsp3) is 0.435. The van der Waals surface area contributed by atoms with E-state index >= 15 is 0 Å². The zero-order valence-electron chi connectivity index (χ0n) is 18.1. The van der Waals surface area contributed by atoms with Crippen LogP contribution in [0.5, 0.6) is 0 Å². The zero-order valence-corrected chi connectivity index (χ0v) is 19.6. The van der Waals surface area contributed by atoms with Gasteiger partial charge in [-0.3, -0.25) is 9.69 Å². The van der Waals surface area contributed by atoms with Crippen LogP contribution in [0, 0.1) is 5.82 Å². The lowest BCUT2D eigenvalue weighted by atomic mass is 10.2. The zero-order chi connectivity index (χ0) is 22.9. The Morgan fingerprint density at radius 1 is 1.12 bits per heavy atom. The first-order valence-corrected chi connectivity index (χ1v) is 12.6. The molecule has 0 saturated carbocycles. The van der Waals surface area contributed by atoms with Crippen LogP contribution in [0.4, 0.5) is 10.1 Å². The summed E-state index contributed by atoms with van der Waals surface area (Å²) in [6, 6.07) is 9.55. The van der Waals surface area contributed by atoms with Crippen molar-refractivity contribution < 1.29 is 17.6 Å². The van der Waals surface area contributed by atoms with Gasteiger partial charge < -0.3 is 4.90 Å². The lowest BCUT2D eigenvalue weighted by Gasteiger charge is -2.26. The Labute approximate surface area is 193 Å². The van der Waals surface area contributed by atoms with Crippen molar-refractivity contribution in [1.82, 2.24) is 9.21 Å². The van der Waals surface area contributed by atoms with Crippen LogP contribution < -0.4 is 4.90 Å². The number of halogens is 2. The molecule has 2 aromatic carbocycles. The fourth-order valence-corrected chi connectivity index (χ4v) is 6.17. The van der Waals surface area contributed by atoms with Crippen LogP contribution in [0.3, 0.4) is 0 Å². The maximum Gasteiger partial charge on any atom is 0.243 e. The van der Waals surface area contributed by atoms with Crippen molar-refractivity contribution >= 4 is 33.2 Å². The molecule has 0 aliphatic carbocycles. The molecule has 172 valence electrons. The molecule has 1 fully saturated rings. The van der Waals surface area contributed by atoms with E-state index in [4.69, 9.17) is 11.6 Å². The first-order chi connectivity index (χ1) is 15.3. The predicted molar refractivity (Wildman–Crippen MR) is 123 cm³/mol. The Bertz CT molecular complexity index is 1100. The van der Waals surface area contributed by atoms with Crippen LogP contribution in [-0.2, 0) is 27.8 Å². The summed E-state index contributed by atoms with van der Waals surface area (Å²) in [6.07, 6.45) is 3.44. The molecule has 6 nitrogen and oxygen atoms in total. The van der Waals surface area contributed by atoms with Crippen LogP contribution in [-0.4, -0.2) is 56.8 Å². The van der Waals surface area contributed by atoms with Crippen molar-refractivity contribution in [2.24, 2.45) is 0 Å². The van der Waals surface area contributed by atoms with Gasteiger partial charge in [0.05, 0.1) is 11.4 Å². The molecule has 2 aliphatic rings. The van der Waals surface area contributed by atoms with Gasteiger partial charge in [0.15, 0.2) is 0 Å². The first kappa shape index (κ1) is 23.2. The van der Waals surface area contributed by atoms with Crippen LogP contribution in [0.1, 0.15) is 30.4 Å². The van der Waals surface area contributed by atoms with Crippen molar-refractivity contribution in [3.63, 3.8) is 0 Å². The van der Waals surface area contributed by atoms with Gasteiger partial charge >= 0.3 is 0 Å². The van der Waals surface area contributed by atoms with Gasteiger partial charge in [-0.25, -0.2) is 12.8 Å². The molecule has 1 saturated heterocycles. The van der Waals surface area contributed by atoms with Crippen molar-refractivity contribution in [2.45, 2.75) is 37.1 Å². The van der Waals surface area contributed by atoms with Gasteiger partial charge in [0.1, 0.15) is 5.82 Å². The maximum absolute atomic E-state index is 14.1. The second-order valence-corrected chi connectivity index (χ2v) is 10.8. The summed E-state index contributed by atoms with van der Waals surface area (Å²) in [7, 11) is -1.77. The van der Waals surface area contributed by atoms with E-state index in [0.29, 0.717) is 41.5 Å². The molecule has 4 rings (SSSR count). The third-order valence-electron chi connectivity index (χ3n) is 6.10. The van der Waals surface area contributed by atoms with E-state index in [-0.39, 0.29) is 19.0 Å². The normalized spacial score (nSPS) is 17.1.